The van der Waals surface area contributed by atoms with Crippen molar-refractivity contribution in [3.8, 4) is 5.75 Å². The Morgan fingerprint density at radius 2 is 1.85 bits per heavy atom. The molecule has 0 spiro atoms. The molecule has 1 rings (SSSR count). The van der Waals surface area contributed by atoms with E-state index in [1.54, 1.807) is 24.3 Å². The van der Waals surface area contributed by atoms with E-state index in [0.717, 1.165) is 5.56 Å². The van der Waals surface area contributed by atoms with E-state index in [-0.39, 0.29) is 19.0 Å². The summed E-state index contributed by atoms with van der Waals surface area (Å²) >= 11 is 0. The number of rotatable bonds is 7. The van der Waals surface area contributed by atoms with Gasteiger partial charge in [-0.15, -0.1) is 0 Å². The first-order chi connectivity index (χ1) is 9.40. The number of nitrogens with two attached hydrogens (primary N) is 1. The van der Waals surface area contributed by atoms with E-state index in [2.05, 4.69) is 9.89 Å². The van der Waals surface area contributed by atoms with Gasteiger partial charge in [0.2, 0.25) is 0 Å². The summed E-state index contributed by atoms with van der Waals surface area (Å²) in [4.78, 5) is 0. The Kier molecular flexibility index (Phi) is 6.10. The van der Waals surface area contributed by atoms with Gasteiger partial charge in [-0.1, -0.05) is 17.3 Å². The second-order valence-corrected chi connectivity index (χ2v) is 3.93. The Bertz CT molecular complexity index is 433. The van der Waals surface area contributed by atoms with Gasteiger partial charge in [0.05, 0.1) is 6.61 Å². The zero-order valence-corrected chi connectivity index (χ0v) is 10.6. The second kappa shape index (κ2) is 7.59. The van der Waals surface area contributed by atoms with E-state index >= 15 is 0 Å². The summed E-state index contributed by atoms with van der Waals surface area (Å²) in [5, 5.41) is 11.3. The van der Waals surface area contributed by atoms with Crippen LogP contribution in [-0.2, 0) is 11.2 Å². The zero-order valence-electron chi connectivity index (χ0n) is 10.6. The second-order valence-electron chi connectivity index (χ2n) is 3.93. The molecule has 3 N–H and O–H groups in total. The Morgan fingerprint density at radius 1 is 1.20 bits per heavy atom. The minimum Gasteiger partial charge on any atom is -0.491 e. The lowest BCUT2D eigenvalue weighted by Gasteiger charge is -2.09. The number of nitrogens with zero attached hydrogens (tertiary/aromatic N) is 1. The number of oxime groups is 1. The van der Waals surface area contributed by atoms with Crippen molar-refractivity contribution in [1.82, 2.24) is 0 Å². The molecule has 0 saturated carbocycles. The average Bonchev–Trinajstić information content (AvgIpc) is 2.39. The average molecular weight is 292 g/mol. The predicted molar refractivity (Wildman–Crippen MR) is 65.9 cm³/mol. The molecule has 1 aromatic rings. The molecule has 0 aliphatic carbocycles. The van der Waals surface area contributed by atoms with Crippen molar-refractivity contribution >= 4 is 5.84 Å². The molecule has 112 valence electrons. The molecular formula is C12H15F3N2O3. The molecule has 20 heavy (non-hydrogen) atoms. The standard InChI is InChI=1S/C12H15F3N2O3/c13-12(14,15)8-19-5-6-20-10-3-1-9(2-4-10)7-11(16)17-18/h1-4,18H,5-8H2,(H2,16,17). The summed E-state index contributed by atoms with van der Waals surface area (Å²) in [6, 6.07) is 6.71. The van der Waals surface area contributed by atoms with Gasteiger partial charge < -0.3 is 20.4 Å². The van der Waals surface area contributed by atoms with Gasteiger partial charge in [0.15, 0.2) is 0 Å². The van der Waals surface area contributed by atoms with Crippen LogP contribution in [0.25, 0.3) is 0 Å². The van der Waals surface area contributed by atoms with Crippen LogP contribution < -0.4 is 10.5 Å². The lowest BCUT2D eigenvalue weighted by Crippen LogP contribution is -2.19. The smallest absolute Gasteiger partial charge is 0.411 e. The minimum absolute atomic E-state index is 0.0235. The molecule has 0 aliphatic rings. The van der Waals surface area contributed by atoms with E-state index in [4.69, 9.17) is 15.7 Å². The summed E-state index contributed by atoms with van der Waals surface area (Å²) in [5.74, 6) is 0.586. The molecule has 0 aliphatic heterocycles. The zero-order chi connectivity index (χ0) is 15.0. The maximum Gasteiger partial charge on any atom is 0.411 e. The van der Waals surface area contributed by atoms with Gasteiger partial charge in [-0.25, -0.2) is 0 Å². The number of hydrogen-bond acceptors (Lipinski definition) is 4. The molecule has 0 radical (unpaired) electrons. The number of amidine groups is 1. The maximum absolute atomic E-state index is 11.8. The quantitative estimate of drug-likeness (QED) is 0.265. The van der Waals surface area contributed by atoms with Crippen LogP contribution in [0.3, 0.4) is 0 Å². The van der Waals surface area contributed by atoms with Crippen LogP contribution in [0.1, 0.15) is 5.56 Å². The van der Waals surface area contributed by atoms with Crippen LogP contribution in [0.2, 0.25) is 0 Å². The fourth-order valence-corrected chi connectivity index (χ4v) is 1.35. The van der Waals surface area contributed by atoms with Gasteiger partial charge in [0.1, 0.15) is 24.8 Å². The Balaban J connectivity index is 2.28. The van der Waals surface area contributed by atoms with Gasteiger partial charge >= 0.3 is 6.18 Å². The number of alkyl halides is 3. The highest BCUT2D eigenvalue weighted by atomic mass is 19.4. The van der Waals surface area contributed by atoms with Gasteiger partial charge in [-0.2, -0.15) is 13.2 Å². The fraction of sp³-hybridized carbons (Fsp3) is 0.417. The van der Waals surface area contributed by atoms with Crippen molar-refractivity contribution in [1.29, 1.82) is 0 Å². The van der Waals surface area contributed by atoms with Crippen molar-refractivity contribution in [2.45, 2.75) is 12.6 Å². The van der Waals surface area contributed by atoms with Crippen LogP contribution >= 0.6 is 0 Å². The van der Waals surface area contributed by atoms with Crippen LogP contribution in [-0.4, -0.2) is 37.0 Å². The molecule has 0 heterocycles. The fourth-order valence-electron chi connectivity index (χ4n) is 1.35. The van der Waals surface area contributed by atoms with Crippen molar-refractivity contribution in [3.05, 3.63) is 29.8 Å². The molecule has 0 atom stereocenters. The first kappa shape index (κ1) is 16.1. The van der Waals surface area contributed by atoms with Crippen molar-refractivity contribution < 1.29 is 27.9 Å². The van der Waals surface area contributed by atoms with Crippen LogP contribution in [0, 0.1) is 0 Å². The molecule has 0 fully saturated rings. The third-order valence-corrected chi connectivity index (χ3v) is 2.20. The van der Waals surface area contributed by atoms with Crippen LogP contribution in [0.5, 0.6) is 5.75 Å². The van der Waals surface area contributed by atoms with Gasteiger partial charge in [0, 0.05) is 6.42 Å². The Hall–Kier alpha value is -1.96. The normalized spacial score (nSPS) is 12.4. The van der Waals surface area contributed by atoms with E-state index in [0.29, 0.717) is 12.2 Å². The molecule has 1 aromatic carbocycles. The summed E-state index contributed by atoms with van der Waals surface area (Å²) in [6.45, 7) is -1.41. The van der Waals surface area contributed by atoms with Crippen molar-refractivity contribution in [2.24, 2.45) is 10.9 Å². The highest BCUT2D eigenvalue weighted by Gasteiger charge is 2.27. The van der Waals surface area contributed by atoms with E-state index in [1.165, 1.54) is 0 Å². The first-order valence-electron chi connectivity index (χ1n) is 5.73. The first-order valence-corrected chi connectivity index (χ1v) is 5.73. The molecule has 0 bridgehead atoms. The molecule has 0 aromatic heterocycles. The highest BCUT2D eigenvalue weighted by Crippen LogP contribution is 2.15. The minimum atomic E-state index is -4.32. The number of benzene rings is 1. The topological polar surface area (TPSA) is 77.1 Å². The summed E-state index contributed by atoms with van der Waals surface area (Å²) in [5.41, 5.74) is 6.17. The van der Waals surface area contributed by atoms with Gasteiger partial charge in [-0.05, 0) is 17.7 Å². The highest BCUT2D eigenvalue weighted by molar-refractivity contribution is 5.82. The number of hydrogen-bond donors (Lipinski definition) is 2. The number of halogens is 3. The third kappa shape index (κ3) is 6.83. The molecule has 0 saturated heterocycles. The summed E-state index contributed by atoms with van der Waals surface area (Å²) in [7, 11) is 0. The van der Waals surface area contributed by atoms with Crippen molar-refractivity contribution in [2.75, 3.05) is 19.8 Å². The largest absolute Gasteiger partial charge is 0.491 e. The lowest BCUT2D eigenvalue weighted by molar-refractivity contribution is -0.175. The SMILES string of the molecule is NC(Cc1ccc(OCCOCC(F)(F)F)cc1)=NO. The molecule has 5 nitrogen and oxygen atoms in total. The third-order valence-electron chi connectivity index (χ3n) is 2.20. The Morgan fingerprint density at radius 3 is 2.40 bits per heavy atom. The molecule has 0 amide bonds. The van der Waals surface area contributed by atoms with E-state index < -0.39 is 12.8 Å². The Labute approximate surface area is 113 Å². The maximum atomic E-state index is 11.8. The predicted octanol–water partition coefficient (Wildman–Crippen LogP) is 1.93. The van der Waals surface area contributed by atoms with Gasteiger partial charge in [-0.3, -0.25) is 0 Å². The van der Waals surface area contributed by atoms with Crippen LogP contribution in [0.15, 0.2) is 29.4 Å². The monoisotopic (exact) mass is 292 g/mol. The molecule has 8 heteroatoms. The van der Waals surface area contributed by atoms with Gasteiger partial charge in [0.25, 0.3) is 0 Å². The molecule has 0 unspecified atom stereocenters. The van der Waals surface area contributed by atoms with E-state index in [1.807, 2.05) is 0 Å². The van der Waals surface area contributed by atoms with Crippen LogP contribution in [0.4, 0.5) is 13.2 Å². The van der Waals surface area contributed by atoms with E-state index in [9.17, 15) is 13.2 Å². The summed E-state index contributed by atoms with van der Waals surface area (Å²) in [6.07, 6.45) is -4.03. The lowest BCUT2D eigenvalue weighted by atomic mass is 10.1. The summed E-state index contributed by atoms with van der Waals surface area (Å²) < 4.78 is 44.9. The molecular weight excluding hydrogens is 277 g/mol. The van der Waals surface area contributed by atoms with Crippen molar-refractivity contribution in [3.63, 3.8) is 0 Å². The number of ether oxygens (including phenoxy) is 2.